The molecule has 0 fully saturated rings. The Labute approximate surface area is 243 Å². The van der Waals surface area contributed by atoms with Gasteiger partial charge in [0, 0.05) is 39.4 Å². The van der Waals surface area contributed by atoms with E-state index >= 15 is 0 Å². The number of nitrogens with zero attached hydrogens (tertiary/aromatic N) is 3. The van der Waals surface area contributed by atoms with Crippen LogP contribution in [0.15, 0.2) is 118 Å². The van der Waals surface area contributed by atoms with Gasteiger partial charge in [0.2, 0.25) is 0 Å². The summed E-state index contributed by atoms with van der Waals surface area (Å²) in [5, 5.41) is 7.33. The van der Waals surface area contributed by atoms with Crippen LogP contribution in [0.5, 0.6) is 0 Å². The highest BCUT2D eigenvalue weighted by Gasteiger charge is 2.33. The number of hydrogen-bond acceptors (Lipinski definition) is 3. The van der Waals surface area contributed by atoms with Gasteiger partial charge in [0.15, 0.2) is 0 Å². The fourth-order valence-electron chi connectivity index (χ4n) is 5.00. The lowest BCUT2D eigenvalue weighted by atomic mass is 9.98. The molecule has 1 amide bonds. The number of carbonyl (C=O) groups is 1. The molecule has 1 unspecified atom stereocenters. The van der Waals surface area contributed by atoms with Gasteiger partial charge in [-0.15, -0.1) is 11.8 Å². The maximum absolute atomic E-state index is 13.8. The lowest BCUT2D eigenvalue weighted by Crippen LogP contribution is -2.28. The van der Waals surface area contributed by atoms with Crippen LogP contribution in [-0.2, 0) is 11.3 Å². The summed E-state index contributed by atoms with van der Waals surface area (Å²) in [4.78, 5) is 14.6. The topological polar surface area (TPSA) is 37.6 Å². The van der Waals surface area contributed by atoms with Crippen LogP contribution in [0.3, 0.4) is 0 Å². The largest absolute Gasteiger partial charge is 0.342 e. The predicted octanol–water partition coefficient (Wildman–Crippen LogP) is 8.20. The molecule has 2 heterocycles. The van der Waals surface area contributed by atoms with Gasteiger partial charge in [-0.1, -0.05) is 70.5 Å². The van der Waals surface area contributed by atoms with E-state index in [-0.39, 0.29) is 29.3 Å². The number of thioether (sulfide) groups is 1. The monoisotopic (exact) mass is 615 g/mol. The first kappa shape index (κ1) is 26.5. The Kier molecular flexibility index (Phi) is 7.54. The van der Waals surface area contributed by atoms with Crippen molar-refractivity contribution < 1.29 is 13.6 Å². The van der Waals surface area contributed by atoms with Gasteiger partial charge in [-0.2, -0.15) is 5.10 Å². The third-order valence-corrected chi connectivity index (χ3v) is 8.50. The molecule has 1 aliphatic heterocycles. The summed E-state index contributed by atoms with van der Waals surface area (Å²) in [5.41, 5.74) is 4.47. The first-order valence-electron chi connectivity index (χ1n) is 12.8. The van der Waals surface area contributed by atoms with Crippen molar-refractivity contribution in [2.75, 3.05) is 5.75 Å². The minimum Gasteiger partial charge on any atom is -0.342 e. The minimum atomic E-state index is -0.320. The number of benzene rings is 4. The van der Waals surface area contributed by atoms with Crippen LogP contribution in [0.25, 0.3) is 10.9 Å². The van der Waals surface area contributed by atoms with Gasteiger partial charge in [-0.3, -0.25) is 4.79 Å². The molecule has 5 aromatic rings. The van der Waals surface area contributed by atoms with E-state index in [4.69, 9.17) is 5.10 Å². The molecule has 0 N–H and O–H groups in total. The molecule has 0 spiro atoms. The number of amides is 1. The van der Waals surface area contributed by atoms with Gasteiger partial charge in [0.1, 0.15) is 11.6 Å². The number of rotatable bonds is 7. The van der Waals surface area contributed by atoms with Gasteiger partial charge in [0.05, 0.1) is 17.5 Å². The van der Waals surface area contributed by atoms with Crippen molar-refractivity contribution >= 4 is 50.2 Å². The fourth-order valence-corrected chi connectivity index (χ4v) is 6.20. The van der Waals surface area contributed by atoms with E-state index in [9.17, 15) is 13.6 Å². The lowest BCUT2D eigenvalue weighted by molar-refractivity contribution is -0.130. The Hall–Kier alpha value is -3.75. The first-order valence-corrected chi connectivity index (χ1v) is 14.6. The van der Waals surface area contributed by atoms with E-state index in [1.165, 1.54) is 36.0 Å². The zero-order valence-electron chi connectivity index (χ0n) is 21.3. The van der Waals surface area contributed by atoms with Crippen molar-refractivity contribution in [1.29, 1.82) is 0 Å². The van der Waals surface area contributed by atoms with Gasteiger partial charge < -0.3 is 4.57 Å². The van der Waals surface area contributed by atoms with E-state index in [1.54, 1.807) is 23.2 Å². The number of halogens is 3. The second kappa shape index (κ2) is 11.4. The Morgan fingerprint density at radius 3 is 2.48 bits per heavy atom. The average Bonchev–Trinajstić information content (AvgIpc) is 3.55. The van der Waals surface area contributed by atoms with E-state index < -0.39 is 0 Å². The smallest absolute Gasteiger partial charge is 0.253 e. The van der Waals surface area contributed by atoms with Crippen molar-refractivity contribution in [3.8, 4) is 0 Å². The molecule has 0 saturated carbocycles. The van der Waals surface area contributed by atoms with Crippen LogP contribution in [0, 0.1) is 11.6 Å². The molecule has 6 rings (SSSR count). The average molecular weight is 617 g/mol. The molecule has 1 aromatic heterocycles. The van der Waals surface area contributed by atoms with E-state index in [0.717, 1.165) is 42.7 Å². The van der Waals surface area contributed by atoms with E-state index in [2.05, 4.69) is 20.5 Å². The van der Waals surface area contributed by atoms with Crippen LogP contribution >= 0.6 is 27.7 Å². The zero-order valence-corrected chi connectivity index (χ0v) is 23.7. The van der Waals surface area contributed by atoms with Gasteiger partial charge >= 0.3 is 0 Å². The molecule has 0 bridgehead atoms. The molecule has 40 heavy (non-hydrogen) atoms. The third-order valence-electron chi connectivity index (χ3n) is 6.94. The Bertz CT molecular complexity index is 1720. The van der Waals surface area contributed by atoms with Gasteiger partial charge in [0.25, 0.3) is 5.91 Å². The van der Waals surface area contributed by atoms with Crippen molar-refractivity contribution in [2.24, 2.45) is 5.10 Å². The summed E-state index contributed by atoms with van der Waals surface area (Å²) in [7, 11) is 0. The quantitative estimate of drug-likeness (QED) is 0.173. The van der Waals surface area contributed by atoms with E-state index in [0.29, 0.717) is 13.0 Å². The molecule has 1 aliphatic rings. The molecular formula is C32H24BrF2N3OS. The normalized spacial score (nSPS) is 15.0. The Morgan fingerprint density at radius 2 is 1.70 bits per heavy atom. The molecule has 0 radical (unpaired) electrons. The second-order valence-corrected chi connectivity index (χ2v) is 11.6. The van der Waals surface area contributed by atoms with Crippen LogP contribution in [0.2, 0.25) is 0 Å². The summed E-state index contributed by atoms with van der Waals surface area (Å²) < 4.78 is 30.5. The number of carbonyl (C=O) groups excluding carboxylic acids is 1. The fraction of sp³-hybridized carbons (Fsp3) is 0.125. The van der Waals surface area contributed by atoms with Crippen molar-refractivity contribution in [1.82, 2.24) is 9.58 Å². The summed E-state index contributed by atoms with van der Waals surface area (Å²) in [6, 6.07) is 28.4. The predicted molar refractivity (Wildman–Crippen MR) is 159 cm³/mol. The number of aromatic nitrogens is 1. The lowest BCUT2D eigenvalue weighted by Gasteiger charge is -2.22. The first-order chi connectivity index (χ1) is 19.4. The number of fused-ring (bicyclic) bond motifs is 1. The molecule has 0 saturated heterocycles. The summed E-state index contributed by atoms with van der Waals surface area (Å²) in [6.07, 6.45) is 2.56. The Balaban J connectivity index is 1.26. The molecule has 4 nitrogen and oxygen atoms in total. The molecule has 8 heteroatoms. The van der Waals surface area contributed by atoms with Crippen LogP contribution < -0.4 is 0 Å². The molecular weight excluding hydrogens is 592 g/mol. The summed E-state index contributed by atoms with van der Waals surface area (Å²) in [5.74, 6) is -0.534. The summed E-state index contributed by atoms with van der Waals surface area (Å²) >= 11 is 4.92. The number of para-hydroxylation sites is 1. The molecule has 4 aromatic carbocycles. The van der Waals surface area contributed by atoms with Crippen molar-refractivity contribution in [3.63, 3.8) is 0 Å². The molecule has 200 valence electrons. The zero-order chi connectivity index (χ0) is 27.6. The highest BCUT2D eigenvalue weighted by atomic mass is 79.9. The van der Waals surface area contributed by atoms with E-state index in [1.807, 2.05) is 60.8 Å². The highest BCUT2D eigenvalue weighted by molar-refractivity contribution is 9.10. The number of hydrogen-bond donors (Lipinski definition) is 0. The Morgan fingerprint density at radius 1 is 0.925 bits per heavy atom. The maximum atomic E-state index is 13.8. The molecule has 1 atom stereocenters. The maximum Gasteiger partial charge on any atom is 0.253 e. The molecule has 0 aliphatic carbocycles. The highest BCUT2D eigenvalue weighted by Crippen LogP contribution is 2.36. The summed E-state index contributed by atoms with van der Waals surface area (Å²) in [6.45, 7) is 0.520. The van der Waals surface area contributed by atoms with Crippen molar-refractivity contribution in [3.05, 3.63) is 136 Å². The standard InChI is InChI=1S/C32H24BrF2N3OS/c33-24-12-8-22(9-13-24)28-17-30(23-10-14-25(34)15-11-23)38(36-28)32(39)20-40-31-19-37(29-7-2-1-6-27(29)31)18-21-4-3-5-26(35)16-21/h1-16,19,30H,17-18,20H2. The third kappa shape index (κ3) is 5.60. The minimum absolute atomic E-state index is 0.131. The van der Waals surface area contributed by atoms with Crippen LogP contribution in [-0.4, -0.2) is 26.9 Å². The van der Waals surface area contributed by atoms with Gasteiger partial charge in [-0.05, 0) is 59.2 Å². The SMILES string of the molecule is O=C(CSc1cn(Cc2cccc(F)c2)c2ccccc12)N1N=C(c2ccc(Br)cc2)CC1c1ccc(F)cc1. The van der Waals surface area contributed by atoms with Crippen LogP contribution in [0.1, 0.15) is 29.2 Å². The second-order valence-electron chi connectivity index (χ2n) is 9.62. The van der Waals surface area contributed by atoms with Crippen LogP contribution in [0.4, 0.5) is 8.78 Å². The van der Waals surface area contributed by atoms with Crippen molar-refractivity contribution in [2.45, 2.75) is 23.9 Å². The van der Waals surface area contributed by atoms with Gasteiger partial charge in [-0.25, -0.2) is 13.8 Å². The number of hydrazone groups is 1.